The summed E-state index contributed by atoms with van der Waals surface area (Å²) in [6.45, 7) is 2.39. The Kier molecular flexibility index (Phi) is 31.7. The molecule has 2 aromatic heterocycles. The van der Waals surface area contributed by atoms with Gasteiger partial charge in [0.1, 0.15) is 36.3 Å². The summed E-state index contributed by atoms with van der Waals surface area (Å²) >= 11 is 1.14. The Labute approximate surface area is 456 Å². The number of nitrogens with zero attached hydrogens (tertiary/aromatic N) is 4. The predicted octanol–water partition coefficient (Wildman–Crippen LogP) is 5.40. The molecule has 1 aliphatic heterocycles. The van der Waals surface area contributed by atoms with Crippen LogP contribution >= 0.6 is 35.2 Å². The third-order valence-electron chi connectivity index (χ3n) is 11.9. The number of phosphoric ester groups is 3. The fourth-order valence-electron chi connectivity index (χ4n) is 7.67. The molecule has 436 valence electrons. The summed E-state index contributed by atoms with van der Waals surface area (Å²) < 4.78 is 61.0. The highest BCUT2D eigenvalue weighted by atomic mass is 32.2. The van der Waals surface area contributed by atoms with Crippen molar-refractivity contribution in [3.05, 3.63) is 61.3 Å². The second-order valence-electron chi connectivity index (χ2n) is 19.0. The van der Waals surface area contributed by atoms with E-state index in [4.69, 9.17) is 10.5 Å². The summed E-state index contributed by atoms with van der Waals surface area (Å²) in [6.07, 6.45) is 30.2. The Morgan fingerprint density at radius 2 is 1.38 bits per heavy atom. The zero-order valence-corrected chi connectivity index (χ0v) is 47.8. The number of nitrogens with two attached hydrogens (primary N) is 1. The Balaban J connectivity index is 1.20. The minimum absolute atomic E-state index is 0.0194. The number of thioether (sulfide) groups is 1. The van der Waals surface area contributed by atoms with Crippen LogP contribution in [0.3, 0.4) is 0 Å². The van der Waals surface area contributed by atoms with Crippen LogP contribution in [0.4, 0.5) is 5.82 Å². The highest BCUT2D eigenvalue weighted by molar-refractivity contribution is 8.13. The minimum Gasteiger partial charge on any atom is -0.790 e. The van der Waals surface area contributed by atoms with Crippen molar-refractivity contribution in [2.24, 2.45) is 5.41 Å². The number of hydrogen-bond donors (Lipinski definition) is 5. The van der Waals surface area contributed by atoms with Gasteiger partial charge in [-0.15, -0.1) is 0 Å². The largest absolute Gasteiger partial charge is 0.790 e. The molecule has 0 bridgehead atoms. The van der Waals surface area contributed by atoms with Gasteiger partial charge in [-0.2, -0.15) is 0 Å². The number of rotatable bonds is 41. The molecule has 3 heterocycles. The number of hydrogen-bond acceptors (Lipinski definition) is 22. The van der Waals surface area contributed by atoms with Gasteiger partial charge in [-0.3, -0.25) is 28.1 Å². The number of aliphatic hydroxyl groups excluding tert-OH is 2. The van der Waals surface area contributed by atoms with Crippen LogP contribution < -0.4 is 35.9 Å². The van der Waals surface area contributed by atoms with E-state index in [0.29, 0.717) is 12.2 Å². The smallest absolute Gasteiger partial charge is 0.274 e. The molecule has 24 nitrogen and oxygen atoms in total. The molecule has 3 rings (SSSR count). The van der Waals surface area contributed by atoms with Crippen LogP contribution in [0.5, 0.6) is 0 Å². The second kappa shape index (κ2) is 36.0. The highest BCUT2D eigenvalue weighted by Gasteiger charge is 2.47. The van der Waals surface area contributed by atoms with E-state index in [1.165, 1.54) is 71.6 Å². The van der Waals surface area contributed by atoms with Gasteiger partial charge >= 0.3 is 0 Å². The fourth-order valence-corrected chi connectivity index (χ4v) is 11.1. The normalized spacial score (nSPS) is 19.4. The number of amides is 2. The number of aliphatic hydroxyl groups is 2. The summed E-state index contributed by atoms with van der Waals surface area (Å²) in [7, 11) is -17.6. The molecular formula is C49H78N7O17P3S-4. The number of ether oxygens (including phenoxy) is 1. The molecule has 77 heavy (non-hydrogen) atoms. The van der Waals surface area contributed by atoms with Crippen LogP contribution in [0.15, 0.2) is 61.3 Å². The van der Waals surface area contributed by atoms with Crippen molar-refractivity contribution in [2.75, 3.05) is 37.8 Å². The van der Waals surface area contributed by atoms with Crippen LogP contribution in [0.2, 0.25) is 0 Å². The van der Waals surface area contributed by atoms with Crippen LogP contribution in [0, 0.1) is 5.41 Å². The predicted molar refractivity (Wildman–Crippen MR) is 284 cm³/mol. The number of allylic oxidation sites excluding steroid dienone is 8. The van der Waals surface area contributed by atoms with Gasteiger partial charge in [0.2, 0.25) is 11.8 Å². The van der Waals surface area contributed by atoms with Crippen molar-refractivity contribution < 1.29 is 80.5 Å². The molecule has 2 aromatic rings. The molecule has 1 fully saturated rings. The molecule has 6 N–H and O–H groups in total. The number of carbonyl (C=O) groups excluding carboxylic acids is 3. The van der Waals surface area contributed by atoms with E-state index in [1.54, 1.807) is 0 Å². The molecule has 1 saturated heterocycles. The molecule has 0 aliphatic carbocycles. The van der Waals surface area contributed by atoms with Gasteiger partial charge in [-0.25, -0.2) is 19.3 Å². The highest BCUT2D eigenvalue weighted by Crippen LogP contribution is 2.56. The van der Waals surface area contributed by atoms with Gasteiger partial charge in [-0.05, 0) is 51.4 Å². The monoisotopic (exact) mass is 1160 g/mol. The number of aromatic nitrogens is 4. The molecule has 2 amide bonds. The first kappa shape index (κ1) is 67.8. The van der Waals surface area contributed by atoms with Crippen molar-refractivity contribution in [3.8, 4) is 0 Å². The number of nitrogens with one attached hydrogen (secondary N) is 2. The van der Waals surface area contributed by atoms with Gasteiger partial charge in [0.25, 0.3) is 15.6 Å². The minimum atomic E-state index is -5.93. The maximum Gasteiger partial charge on any atom is 0.274 e. The summed E-state index contributed by atoms with van der Waals surface area (Å²) in [4.78, 5) is 97.2. The van der Waals surface area contributed by atoms with Gasteiger partial charge < -0.3 is 69.0 Å². The zero-order chi connectivity index (χ0) is 56.7. The summed E-state index contributed by atoms with van der Waals surface area (Å²) in [5.41, 5.74) is 4.09. The number of imidazole rings is 1. The average molecular weight is 1160 g/mol. The average Bonchev–Trinajstić information content (AvgIpc) is 3.96. The van der Waals surface area contributed by atoms with E-state index in [-0.39, 0.29) is 41.6 Å². The lowest BCUT2D eigenvalue weighted by Gasteiger charge is -2.36. The van der Waals surface area contributed by atoms with Gasteiger partial charge in [-0.1, -0.05) is 139 Å². The van der Waals surface area contributed by atoms with E-state index >= 15 is 0 Å². The topological polar surface area (TPSA) is 375 Å². The summed E-state index contributed by atoms with van der Waals surface area (Å²) in [6, 6.07) is 0. The lowest BCUT2D eigenvalue weighted by atomic mass is 9.87. The van der Waals surface area contributed by atoms with Crippen LogP contribution in [-0.4, -0.2) is 103 Å². The Morgan fingerprint density at radius 1 is 0.805 bits per heavy atom. The first-order valence-electron chi connectivity index (χ1n) is 26.1. The molecule has 0 radical (unpaired) electrons. The van der Waals surface area contributed by atoms with E-state index in [1.807, 2.05) is 0 Å². The Morgan fingerprint density at radius 3 is 1.99 bits per heavy atom. The van der Waals surface area contributed by atoms with Crippen LogP contribution in [0.25, 0.3) is 11.2 Å². The molecular weight excluding hydrogens is 1080 g/mol. The lowest BCUT2D eigenvalue weighted by Crippen LogP contribution is -2.46. The molecule has 7 atom stereocenters. The molecule has 0 spiro atoms. The quantitative estimate of drug-likeness (QED) is 0.0316. The van der Waals surface area contributed by atoms with E-state index in [0.717, 1.165) is 80.4 Å². The fraction of sp³-hybridized carbons (Fsp3) is 0.673. The summed E-state index contributed by atoms with van der Waals surface area (Å²) in [5, 5.41) is 26.5. The molecule has 2 unspecified atom stereocenters. The molecule has 0 saturated carbocycles. The third kappa shape index (κ3) is 28.0. The molecule has 0 aromatic carbocycles. The van der Waals surface area contributed by atoms with Crippen LogP contribution in [0.1, 0.15) is 149 Å². The number of nitrogen functional groups attached to an aromatic ring is 1. The van der Waals surface area contributed by atoms with Gasteiger partial charge in [0.15, 0.2) is 22.8 Å². The van der Waals surface area contributed by atoms with Crippen molar-refractivity contribution in [3.63, 3.8) is 0 Å². The van der Waals surface area contributed by atoms with Crippen molar-refractivity contribution >= 4 is 69.1 Å². The molecule has 28 heteroatoms. The lowest BCUT2D eigenvalue weighted by molar-refractivity contribution is -0.347. The van der Waals surface area contributed by atoms with E-state index in [9.17, 15) is 57.9 Å². The number of anilines is 1. The van der Waals surface area contributed by atoms with E-state index < -0.39 is 84.6 Å². The first-order valence-corrected chi connectivity index (χ1v) is 31.5. The number of phosphoric acid groups is 3. The van der Waals surface area contributed by atoms with Crippen molar-refractivity contribution in [2.45, 2.75) is 173 Å². The first-order chi connectivity index (χ1) is 36.6. The van der Waals surface area contributed by atoms with Crippen molar-refractivity contribution in [1.82, 2.24) is 30.2 Å². The van der Waals surface area contributed by atoms with Gasteiger partial charge in [0.05, 0.1) is 27.4 Å². The maximum atomic E-state index is 12.7. The maximum absolute atomic E-state index is 12.7. The molecule has 1 aliphatic rings. The Hall–Kier alpha value is -3.48. The summed E-state index contributed by atoms with van der Waals surface area (Å²) in [5.74, 6) is -1.15. The standard InChI is InChI=1S/C49H82N7O17P3S/c1-4-5-6-7-8-9-10-11-12-13-14-15-16-17-18-19-20-21-22-23-24-25-26-27-28-29-40(58)77-33-32-51-39(57)30-31-52-47(61)44(60)49(2,3)35-70-76(67,68)73-75(65,66)69-34-38-43(72-74(62,63)64)42(59)48(71-38)56-37-55-41-45(50)53-36-54-46(41)56/h8-9,11-12,14-15,17-18,36-38,42-44,48,59-60H,4-7,10,13,16,19-35H2,1-3H3,(H,51,57)(H,52,61)(H,65,66)(H,67,68)(H2,50,53,54)(H2,62,63,64)/p-4/b9-8-,12-11-,15-14-,18-17-/t38-,42-,43-,44+,48-/m1/s1. The van der Waals surface area contributed by atoms with Gasteiger partial charge in [0, 0.05) is 37.1 Å². The number of fused-ring (bicyclic) bond motifs is 1. The number of unbranched alkanes of at least 4 members (excludes halogenated alkanes) is 12. The van der Waals surface area contributed by atoms with Crippen LogP contribution in [-0.2, 0) is 50.7 Å². The van der Waals surface area contributed by atoms with E-state index in [2.05, 4.69) is 99.0 Å². The number of carbonyl (C=O) groups is 3. The van der Waals surface area contributed by atoms with Crippen molar-refractivity contribution in [1.29, 1.82) is 0 Å². The third-order valence-corrected chi connectivity index (χ3v) is 15.9. The SMILES string of the molecule is CCCCC/C=C\C/C=C\C/C=C\C/C=C\CCCCCCCCCCCC(=O)SCCNC(=O)CCNC(=O)[C@H](O)C(C)(C)COP(=O)([O-])OP(=O)([O-])OC[C@H]1O[C@@H](n2cnc3c(N)ncnc32)[C@H](O)[C@@H]1OP(=O)([O-])[O-]. The zero-order valence-electron chi connectivity index (χ0n) is 44.3. The Bertz CT molecular complexity index is 2370. The second-order valence-corrected chi connectivity index (χ2v) is 24.2.